The third kappa shape index (κ3) is 1.84. The molecule has 0 N–H and O–H groups in total. The molecule has 0 unspecified atom stereocenters. The minimum atomic E-state index is 0.337. The van der Waals surface area contributed by atoms with Crippen LogP contribution in [0.25, 0.3) is 0 Å². The summed E-state index contributed by atoms with van der Waals surface area (Å²) in [4.78, 5) is 5.10. The second kappa shape index (κ2) is 3.96. The van der Waals surface area contributed by atoms with Gasteiger partial charge in [0, 0.05) is 41.8 Å². The second-order valence-electron chi connectivity index (χ2n) is 6.68. The van der Waals surface area contributed by atoms with Crippen molar-refractivity contribution in [2.45, 2.75) is 12.5 Å². The van der Waals surface area contributed by atoms with Crippen molar-refractivity contribution in [1.82, 2.24) is 4.90 Å². The van der Waals surface area contributed by atoms with Crippen LogP contribution in [0.2, 0.25) is 0 Å². The van der Waals surface area contributed by atoms with Gasteiger partial charge in [-0.3, -0.25) is 4.90 Å². The van der Waals surface area contributed by atoms with E-state index in [0.29, 0.717) is 11.0 Å². The lowest BCUT2D eigenvalue weighted by molar-refractivity contribution is -0.190. The van der Waals surface area contributed by atoms with Crippen LogP contribution in [0.4, 0.5) is 5.69 Å². The highest BCUT2D eigenvalue weighted by molar-refractivity contribution is 9.10. The average molecular weight is 323 g/mol. The van der Waals surface area contributed by atoms with Gasteiger partial charge < -0.3 is 9.64 Å². The van der Waals surface area contributed by atoms with Crippen LogP contribution in [0.1, 0.15) is 6.92 Å². The van der Waals surface area contributed by atoms with Crippen LogP contribution < -0.4 is 4.90 Å². The van der Waals surface area contributed by atoms with Crippen molar-refractivity contribution in [3.63, 3.8) is 0 Å². The van der Waals surface area contributed by atoms with Crippen LogP contribution in [-0.2, 0) is 4.74 Å². The standard InChI is InChI=1S/C15H19BrN2O/c1-14(10-19-11-14)18-8-15(9-18)6-17(7-15)13-4-2-12(16)3-5-13/h2-5H,6-11H2,1H3. The molecule has 1 spiro atoms. The van der Waals surface area contributed by atoms with E-state index in [1.807, 2.05) is 0 Å². The Hall–Kier alpha value is -0.580. The smallest absolute Gasteiger partial charge is 0.0671 e. The van der Waals surface area contributed by atoms with E-state index in [9.17, 15) is 0 Å². The fourth-order valence-electron chi connectivity index (χ4n) is 3.52. The molecule has 3 heterocycles. The van der Waals surface area contributed by atoms with Gasteiger partial charge in [0.05, 0.1) is 18.8 Å². The van der Waals surface area contributed by atoms with E-state index in [2.05, 4.69) is 56.9 Å². The van der Waals surface area contributed by atoms with E-state index < -0.39 is 0 Å². The molecule has 1 aromatic carbocycles. The molecule has 4 heteroatoms. The molecule has 0 radical (unpaired) electrons. The van der Waals surface area contributed by atoms with E-state index in [1.165, 1.54) is 31.9 Å². The fourth-order valence-corrected chi connectivity index (χ4v) is 3.79. The molecule has 3 saturated heterocycles. The van der Waals surface area contributed by atoms with Gasteiger partial charge in [-0.2, -0.15) is 0 Å². The van der Waals surface area contributed by atoms with Crippen molar-refractivity contribution < 1.29 is 4.74 Å². The third-order valence-electron chi connectivity index (χ3n) is 4.89. The number of nitrogens with zero attached hydrogens (tertiary/aromatic N) is 2. The van der Waals surface area contributed by atoms with Crippen LogP contribution in [0.3, 0.4) is 0 Å². The van der Waals surface area contributed by atoms with Gasteiger partial charge in [0.15, 0.2) is 0 Å². The Labute approximate surface area is 122 Å². The Morgan fingerprint density at radius 3 is 2.21 bits per heavy atom. The molecule has 0 atom stereocenters. The van der Waals surface area contributed by atoms with Gasteiger partial charge in [-0.25, -0.2) is 0 Å². The quantitative estimate of drug-likeness (QED) is 0.831. The first-order valence-electron chi connectivity index (χ1n) is 6.92. The predicted octanol–water partition coefficient (Wildman–Crippen LogP) is 2.36. The van der Waals surface area contributed by atoms with Crippen LogP contribution in [-0.4, -0.2) is 49.8 Å². The Balaban J connectivity index is 1.35. The van der Waals surface area contributed by atoms with Gasteiger partial charge in [0.1, 0.15) is 0 Å². The number of hydrogen-bond acceptors (Lipinski definition) is 3. The van der Waals surface area contributed by atoms with Crippen molar-refractivity contribution in [1.29, 1.82) is 0 Å². The van der Waals surface area contributed by atoms with Crippen molar-refractivity contribution in [2.75, 3.05) is 44.3 Å². The summed E-state index contributed by atoms with van der Waals surface area (Å²) < 4.78 is 6.51. The fraction of sp³-hybridized carbons (Fsp3) is 0.600. The third-order valence-corrected chi connectivity index (χ3v) is 5.41. The first kappa shape index (κ1) is 12.2. The molecule has 4 rings (SSSR count). The Bertz CT molecular complexity index is 483. The summed E-state index contributed by atoms with van der Waals surface area (Å²) in [6, 6.07) is 8.66. The summed E-state index contributed by atoms with van der Waals surface area (Å²) >= 11 is 3.49. The topological polar surface area (TPSA) is 15.7 Å². The number of halogens is 1. The second-order valence-corrected chi connectivity index (χ2v) is 7.59. The molecular weight excluding hydrogens is 304 g/mol. The molecule has 0 amide bonds. The molecule has 3 fully saturated rings. The lowest BCUT2D eigenvalue weighted by Crippen LogP contribution is -2.78. The molecule has 3 aliphatic heterocycles. The van der Waals surface area contributed by atoms with Gasteiger partial charge in [-0.05, 0) is 31.2 Å². The minimum Gasteiger partial charge on any atom is -0.377 e. The zero-order valence-corrected chi connectivity index (χ0v) is 12.8. The van der Waals surface area contributed by atoms with Crippen molar-refractivity contribution in [3.8, 4) is 0 Å². The lowest BCUT2D eigenvalue weighted by atomic mass is 9.70. The predicted molar refractivity (Wildman–Crippen MR) is 79.6 cm³/mol. The molecule has 0 aromatic heterocycles. The Morgan fingerprint density at radius 2 is 1.68 bits per heavy atom. The van der Waals surface area contributed by atoms with Crippen LogP contribution >= 0.6 is 15.9 Å². The average Bonchev–Trinajstić information content (AvgIpc) is 2.25. The number of rotatable bonds is 2. The summed E-state index contributed by atoms with van der Waals surface area (Å²) in [5, 5.41) is 0. The number of likely N-dealkylation sites (tertiary alicyclic amines) is 1. The number of benzene rings is 1. The van der Waals surface area contributed by atoms with E-state index in [0.717, 1.165) is 17.7 Å². The highest BCUT2D eigenvalue weighted by Crippen LogP contribution is 2.45. The van der Waals surface area contributed by atoms with E-state index in [4.69, 9.17) is 4.74 Å². The lowest BCUT2D eigenvalue weighted by Gasteiger charge is -2.66. The molecule has 0 saturated carbocycles. The van der Waals surface area contributed by atoms with Gasteiger partial charge in [0.25, 0.3) is 0 Å². The van der Waals surface area contributed by atoms with Crippen LogP contribution in [0, 0.1) is 5.41 Å². The first-order valence-corrected chi connectivity index (χ1v) is 7.71. The molecular formula is C15H19BrN2O. The highest BCUT2D eigenvalue weighted by atomic mass is 79.9. The van der Waals surface area contributed by atoms with E-state index in [1.54, 1.807) is 0 Å². The number of anilines is 1. The maximum atomic E-state index is 5.36. The summed E-state index contributed by atoms with van der Waals surface area (Å²) in [6.07, 6.45) is 0. The minimum absolute atomic E-state index is 0.337. The number of hydrogen-bond donors (Lipinski definition) is 0. The maximum Gasteiger partial charge on any atom is 0.0671 e. The SMILES string of the molecule is CC1(N2CC3(CN(c4ccc(Br)cc4)C3)C2)COC1. The van der Waals surface area contributed by atoms with Gasteiger partial charge in [-0.1, -0.05) is 15.9 Å². The zero-order valence-electron chi connectivity index (χ0n) is 11.2. The van der Waals surface area contributed by atoms with Gasteiger partial charge in [0.2, 0.25) is 0 Å². The molecule has 3 nitrogen and oxygen atoms in total. The van der Waals surface area contributed by atoms with E-state index >= 15 is 0 Å². The Morgan fingerprint density at radius 1 is 1.05 bits per heavy atom. The molecule has 19 heavy (non-hydrogen) atoms. The zero-order chi connectivity index (χ0) is 13.1. The summed E-state index contributed by atoms with van der Waals surface area (Å²) in [7, 11) is 0. The normalized spacial score (nSPS) is 27.6. The summed E-state index contributed by atoms with van der Waals surface area (Å²) in [5.41, 5.74) is 2.25. The highest BCUT2D eigenvalue weighted by Gasteiger charge is 2.57. The van der Waals surface area contributed by atoms with Crippen LogP contribution in [0.5, 0.6) is 0 Å². The van der Waals surface area contributed by atoms with Crippen molar-refractivity contribution in [3.05, 3.63) is 28.7 Å². The van der Waals surface area contributed by atoms with E-state index in [-0.39, 0.29) is 0 Å². The molecule has 0 bridgehead atoms. The van der Waals surface area contributed by atoms with Crippen LogP contribution in [0.15, 0.2) is 28.7 Å². The van der Waals surface area contributed by atoms with Crippen molar-refractivity contribution >= 4 is 21.6 Å². The maximum absolute atomic E-state index is 5.36. The Kier molecular flexibility index (Phi) is 2.54. The van der Waals surface area contributed by atoms with Crippen molar-refractivity contribution in [2.24, 2.45) is 5.41 Å². The molecule has 3 aliphatic rings. The summed E-state index contributed by atoms with van der Waals surface area (Å²) in [5.74, 6) is 0. The first-order chi connectivity index (χ1) is 9.09. The molecule has 0 aliphatic carbocycles. The molecule has 1 aromatic rings. The largest absolute Gasteiger partial charge is 0.377 e. The monoisotopic (exact) mass is 322 g/mol. The van der Waals surface area contributed by atoms with Gasteiger partial charge in [-0.15, -0.1) is 0 Å². The summed E-state index contributed by atoms with van der Waals surface area (Å²) in [6.45, 7) is 9.08. The molecule has 102 valence electrons. The van der Waals surface area contributed by atoms with Gasteiger partial charge >= 0.3 is 0 Å². The number of ether oxygens (including phenoxy) is 1.